The van der Waals surface area contributed by atoms with Crippen molar-refractivity contribution in [1.82, 2.24) is 4.98 Å². The molecule has 0 aliphatic rings. The molecule has 0 unspecified atom stereocenters. The van der Waals surface area contributed by atoms with Crippen molar-refractivity contribution >= 4 is 39.8 Å². The standard InChI is InChI=1S/C26H24N4O6/c1-3-35-23-14-22(24(36-4-2)13-21(23)28-25(31)16-8-6-5-7-9-16)29-26(32)19-15-27-20-11-10-17(30(33)34)12-18(19)20/h5-15,27H,3-4H2,1-2H3,(H,28,31)(H,29,32). The predicted molar refractivity (Wildman–Crippen MR) is 136 cm³/mol. The number of amides is 2. The van der Waals surface area contributed by atoms with Crippen LogP contribution in [0.4, 0.5) is 17.1 Å². The molecular formula is C26H24N4O6. The highest BCUT2D eigenvalue weighted by atomic mass is 16.6. The first-order chi connectivity index (χ1) is 17.4. The number of hydrogen-bond donors (Lipinski definition) is 3. The van der Waals surface area contributed by atoms with Gasteiger partial charge in [-0.1, -0.05) is 18.2 Å². The summed E-state index contributed by atoms with van der Waals surface area (Å²) in [4.78, 5) is 39.5. The molecule has 36 heavy (non-hydrogen) atoms. The van der Waals surface area contributed by atoms with Crippen LogP contribution in [0.25, 0.3) is 10.9 Å². The normalized spacial score (nSPS) is 10.6. The number of ether oxygens (including phenoxy) is 2. The molecule has 2 amide bonds. The number of nitro benzene ring substituents is 1. The van der Waals surface area contributed by atoms with Crippen LogP contribution in [-0.4, -0.2) is 34.9 Å². The zero-order valence-corrected chi connectivity index (χ0v) is 19.7. The summed E-state index contributed by atoms with van der Waals surface area (Å²) >= 11 is 0. The molecule has 4 aromatic rings. The third-order valence-electron chi connectivity index (χ3n) is 5.33. The second kappa shape index (κ2) is 10.6. The molecule has 3 aromatic carbocycles. The fourth-order valence-corrected chi connectivity index (χ4v) is 3.69. The van der Waals surface area contributed by atoms with Crippen molar-refractivity contribution in [2.75, 3.05) is 23.8 Å². The number of aromatic nitrogens is 1. The quantitative estimate of drug-likeness (QED) is 0.214. The number of nitrogens with one attached hydrogen (secondary N) is 3. The minimum atomic E-state index is -0.516. The van der Waals surface area contributed by atoms with Gasteiger partial charge in [0.05, 0.1) is 35.1 Å². The Hall–Kier alpha value is -4.86. The van der Waals surface area contributed by atoms with E-state index in [1.54, 1.807) is 56.3 Å². The van der Waals surface area contributed by atoms with Crippen LogP contribution in [0, 0.1) is 10.1 Å². The maximum absolute atomic E-state index is 13.2. The van der Waals surface area contributed by atoms with E-state index in [2.05, 4.69) is 15.6 Å². The van der Waals surface area contributed by atoms with Crippen molar-refractivity contribution in [3.8, 4) is 11.5 Å². The molecule has 1 aromatic heterocycles. The first kappa shape index (κ1) is 24.3. The van der Waals surface area contributed by atoms with E-state index in [0.717, 1.165) is 0 Å². The van der Waals surface area contributed by atoms with Gasteiger partial charge < -0.3 is 25.1 Å². The van der Waals surface area contributed by atoms with Gasteiger partial charge in [0.25, 0.3) is 17.5 Å². The zero-order chi connectivity index (χ0) is 25.7. The van der Waals surface area contributed by atoms with Crippen LogP contribution in [-0.2, 0) is 0 Å². The fourth-order valence-electron chi connectivity index (χ4n) is 3.69. The molecule has 0 atom stereocenters. The van der Waals surface area contributed by atoms with Crippen LogP contribution in [0.1, 0.15) is 34.6 Å². The molecule has 0 fully saturated rings. The maximum atomic E-state index is 13.2. The number of hydrogen-bond acceptors (Lipinski definition) is 6. The number of carbonyl (C=O) groups is 2. The third-order valence-corrected chi connectivity index (χ3v) is 5.33. The minimum absolute atomic E-state index is 0.122. The van der Waals surface area contributed by atoms with Gasteiger partial charge in [0.1, 0.15) is 11.5 Å². The average molecular weight is 489 g/mol. The fraction of sp³-hybridized carbons (Fsp3) is 0.154. The molecule has 10 nitrogen and oxygen atoms in total. The van der Waals surface area contributed by atoms with E-state index in [4.69, 9.17) is 9.47 Å². The molecule has 0 saturated carbocycles. The van der Waals surface area contributed by atoms with E-state index < -0.39 is 10.8 Å². The molecule has 184 valence electrons. The summed E-state index contributed by atoms with van der Waals surface area (Å²) < 4.78 is 11.5. The smallest absolute Gasteiger partial charge is 0.270 e. The SMILES string of the molecule is CCOc1cc(NC(=O)c2c[nH]c3ccc([N+](=O)[O-])cc23)c(OCC)cc1NC(=O)c1ccccc1. The van der Waals surface area contributed by atoms with Gasteiger partial charge in [-0.2, -0.15) is 0 Å². The number of carbonyl (C=O) groups excluding carboxylic acids is 2. The van der Waals surface area contributed by atoms with Crippen molar-refractivity contribution in [2.24, 2.45) is 0 Å². The summed E-state index contributed by atoms with van der Waals surface area (Å²) in [5.41, 5.74) is 1.88. The Balaban J connectivity index is 1.68. The average Bonchev–Trinajstić information content (AvgIpc) is 3.30. The molecular weight excluding hydrogens is 464 g/mol. The number of nitrogens with zero attached hydrogens (tertiary/aromatic N) is 1. The van der Waals surface area contributed by atoms with E-state index in [0.29, 0.717) is 52.6 Å². The molecule has 3 N–H and O–H groups in total. The molecule has 0 aliphatic heterocycles. The molecule has 0 radical (unpaired) electrons. The number of aromatic amines is 1. The number of nitro groups is 1. The number of non-ortho nitro benzene ring substituents is 1. The van der Waals surface area contributed by atoms with Gasteiger partial charge in [0, 0.05) is 46.9 Å². The van der Waals surface area contributed by atoms with Crippen LogP contribution in [0.5, 0.6) is 11.5 Å². The zero-order valence-electron chi connectivity index (χ0n) is 19.7. The highest BCUT2D eigenvalue weighted by Gasteiger charge is 2.20. The molecule has 10 heteroatoms. The Labute approximate surface area is 206 Å². The first-order valence-electron chi connectivity index (χ1n) is 11.3. The monoisotopic (exact) mass is 488 g/mol. The Bertz CT molecular complexity index is 1430. The Morgan fingerprint density at radius 1 is 0.889 bits per heavy atom. The Kier molecular flexibility index (Phi) is 7.15. The lowest BCUT2D eigenvalue weighted by Gasteiger charge is -2.18. The van der Waals surface area contributed by atoms with Gasteiger partial charge >= 0.3 is 0 Å². The van der Waals surface area contributed by atoms with Crippen LogP contribution in [0.2, 0.25) is 0 Å². The minimum Gasteiger partial charge on any atom is -0.492 e. The van der Waals surface area contributed by atoms with E-state index in [-0.39, 0.29) is 17.2 Å². The first-order valence-corrected chi connectivity index (χ1v) is 11.3. The Morgan fingerprint density at radius 3 is 2.08 bits per heavy atom. The molecule has 0 saturated heterocycles. The second-order valence-electron chi connectivity index (χ2n) is 7.67. The number of fused-ring (bicyclic) bond motifs is 1. The van der Waals surface area contributed by atoms with Crippen molar-refractivity contribution < 1.29 is 24.0 Å². The lowest BCUT2D eigenvalue weighted by molar-refractivity contribution is -0.384. The predicted octanol–water partition coefficient (Wildman–Crippen LogP) is 5.38. The summed E-state index contributed by atoms with van der Waals surface area (Å²) in [6, 6.07) is 16.2. The van der Waals surface area contributed by atoms with Crippen LogP contribution >= 0.6 is 0 Å². The van der Waals surface area contributed by atoms with Gasteiger partial charge in [0.2, 0.25) is 0 Å². The van der Waals surface area contributed by atoms with Gasteiger partial charge in [-0.05, 0) is 32.0 Å². The lowest BCUT2D eigenvalue weighted by Crippen LogP contribution is -2.15. The molecule has 0 aliphatic carbocycles. The van der Waals surface area contributed by atoms with Crippen molar-refractivity contribution in [2.45, 2.75) is 13.8 Å². The highest BCUT2D eigenvalue weighted by molar-refractivity contribution is 6.14. The molecule has 4 rings (SSSR count). The molecule has 0 spiro atoms. The molecule has 0 bridgehead atoms. The Morgan fingerprint density at radius 2 is 1.50 bits per heavy atom. The number of H-pyrrole nitrogens is 1. The van der Waals surface area contributed by atoms with Crippen LogP contribution in [0.15, 0.2) is 66.9 Å². The lowest BCUT2D eigenvalue weighted by atomic mass is 10.1. The van der Waals surface area contributed by atoms with Crippen LogP contribution < -0.4 is 20.1 Å². The van der Waals surface area contributed by atoms with E-state index in [1.807, 2.05) is 6.07 Å². The van der Waals surface area contributed by atoms with Crippen molar-refractivity contribution in [1.29, 1.82) is 0 Å². The summed E-state index contributed by atoms with van der Waals surface area (Å²) in [5, 5.41) is 17.2. The van der Waals surface area contributed by atoms with Gasteiger partial charge in [0.15, 0.2) is 0 Å². The molecule has 1 heterocycles. The van der Waals surface area contributed by atoms with Crippen LogP contribution in [0.3, 0.4) is 0 Å². The highest BCUT2D eigenvalue weighted by Crippen LogP contribution is 2.38. The summed E-state index contributed by atoms with van der Waals surface area (Å²) in [5.74, 6) is -0.152. The van der Waals surface area contributed by atoms with Gasteiger partial charge in [-0.3, -0.25) is 19.7 Å². The van der Waals surface area contributed by atoms with E-state index >= 15 is 0 Å². The van der Waals surface area contributed by atoms with E-state index in [1.165, 1.54) is 18.3 Å². The van der Waals surface area contributed by atoms with Crippen molar-refractivity contribution in [3.05, 3.63) is 88.1 Å². The topological polar surface area (TPSA) is 136 Å². The van der Waals surface area contributed by atoms with Crippen molar-refractivity contribution in [3.63, 3.8) is 0 Å². The summed E-state index contributed by atoms with van der Waals surface area (Å²) in [6.07, 6.45) is 1.49. The van der Waals surface area contributed by atoms with Gasteiger partial charge in [-0.25, -0.2) is 0 Å². The third kappa shape index (κ3) is 5.12. The number of benzene rings is 3. The maximum Gasteiger partial charge on any atom is 0.270 e. The number of rotatable bonds is 9. The second-order valence-corrected chi connectivity index (χ2v) is 7.67. The largest absolute Gasteiger partial charge is 0.492 e. The number of anilines is 2. The van der Waals surface area contributed by atoms with E-state index in [9.17, 15) is 19.7 Å². The summed E-state index contributed by atoms with van der Waals surface area (Å²) in [7, 11) is 0. The summed E-state index contributed by atoms with van der Waals surface area (Å²) in [6.45, 7) is 4.23. The van der Waals surface area contributed by atoms with Gasteiger partial charge in [-0.15, -0.1) is 0 Å².